The van der Waals surface area contributed by atoms with E-state index in [0.717, 1.165) is 11.3 Å². The summed E-state index contributed by atoms with van der Waals surface area (Å²) in [6, 6.07) is 12.6. The quantitative estimate of drug-likeness (QED) is 0.551. The van der Waals surface area contributed by atoms with Crippen LogP contribution in [-0.2, 0) is 9.53 Å². The molecule has 9 nitrogen and oxygen atoms in total. The summed E-state index contributed by atoms with van der Waals surface area (Å²) in [5.74, 6) is 0.448. The molecule has 0 saturated carbocycles. The number of hydrogen-bond acceptors (Lipinski definition) is 6. The van der Waals surface area contributed by atoms with Crippen molar-refractivity contribution in [3.63, 3.8) is 0 Å². The van der Waals surface area contributed by atoms with Crippen LogP contribution >= 0.6 is 0 Å². The number of methoxy groups -OCH3 is 1. The highest BCUT2D eigenvalue weighted by atomic mass is 16.5. The van der Waals surface area contributed by atoms with Crippen molar-refractivity contribution in [3.8, 4) is 17.2 Å². The van der Waals surface area contributed by atoms with Gasteiger partial charge in [-0.05, 0) is 42.8 Å². The molecule has 34 heavy (non-hydrogen) atoms. The topological polar surface area (TPSA) is 94.9 Å². The minimum absolute atomic E-state index is 0.103. The highest BCUT2D eigenvalue weighted by Crippen LogP contribution is 2.28. The Hall–Kier alpha value is -3.85. The third-order valence-electron chi connectivity index (χ3n) is 5.68. The molecule has 4 rings (SSSR count). The number of morpholine rings is 1. The number of carbonyl (C=O) groups is 2. The first-order valence-electron chi connectivity index (χ1n) is 11.1. The van der Waals surface area contributed by atoms with E-state index >= 15 is 0 Å². The van der Waals surface area contributed by atoms with E-state index in [1.165, 1.54) is 7.11 Å². The van der Waals surface area contributed by atoms with E-state index in [4.69, 9.17) is 14.2 Å². The lowest BCUT2D eigenvalue weighted by atomic mass is 10.1. The van der Waals surface area contributed by atoms with Crippen molar-refractivity contribution in [2.45, 2.75) is 13.0 Å². The van der Waals surface area contributed by atoms with Crippen molar-refractivity contribution in [3.05, 3.63) is 72.3 Å². The van der Waals surface area contributed by atoms with Crippen molar-refractivity contribution >= 4 is 11.8 Å². The van der Waals surface area contributed by atoms with Gasteiger partial charge in [-0.2, -0.15) is 0 Å². The van der Waals surface area contributed by atoms with Gasteiger partial charge < -0.3 is 29.0 Å². The van der Waals surface area contributed by atoms with Crippen LogP contribution in [0.3, 0.4) is 0 Å². The van der Waals surface area contributed by atoms with E-state index in [0.29, 0.717) is 43.4 Å². The smallest absolute Gasteiger partial charge is 0.260 e. The van der Waals surface area contributed by atoms with Gasteiger partial charge in [0.15, 0.2) is 18.1 Å². The summed E-state index contributed by atoms with van der Waals surface area (Å²) in [6.07, 6.45) is 5.34. The van der Waals surface area contributed by atoms with Gasteiger partial charge in [0, 0.05) is 36.7 Å². The van der Waals surface area contributed by atoms with E-state index in [2.05, 4.69) is 10.3 Å². The normalized spacial score (nSPS) is 14.4. The molecule has 0 bridgehead atoms. The maximum atomic E-state index is 12.8. The van der Waals surface area contributed by atoms with Gasteiger partial charge in [0.05, 0.1) is 32.7 Å². The number of nitrogens with one attached hydrogen (secondary N) is 1. The molecule has 1 unspecified atom stereocenters. The lowest BCUT2D eigenvalue weighted by Gasteiger charge is -2.26. The molecule has 1 atom stereocenters. The summed E-state index contributed by atoms with van der Waals surface area (Å²) in [5.41, 5.74) is 2.41. The Kier molecular flexibility index (Phi) is 7.44. The third-order valence-corrected chi connectivity index (χ3v) is 5.68. The maximum absolute atomic E-state index is 12.8. The zero-order chi connectivity index (χ0) is 23.9. The Labute approximate surface area is 198 Å². The highest BCUT2D eigenvalue weighted by Gasteiger charge is 2.19. The van der Waals surface area contributed by atoms with Gasteiger partial charge in [-0.3, -0.25) is 9.59 Å². The molecule has 3 aromatic rings. The number of rotatable bonds is 8. The summed E-state index contributed by atoms with van der Waals surface area (Å²) in [5, 5.41) is 3.00. The van der Waals surface area contributed by atoms with E-state index in [-0.39, 0.29) is 24.5 Å². The molecular weight excluding hydrogens is 436 g/mol. The van der Waals surface area contributed by atoms with Crippen LogP contribution in [0.4, 0.5) is 0 Å². The first-order chi connectivity index (χ1) is 16.5. The molecule has 1 aliphatic heterocycles. The second-order valence-corrected chi connectivity index (χ2v) is 7.90. The number of imidazole rings is 1. The van der Waals surface area contributed by atoms with Crippen LogP contribution < -0.4 is 14.8 Å². The molecule has 178 valence electrons. The van der Waals surface area contributed by atoms with Crippen molar-refractivity contribution in [2.75, 3.05) is 40.0 Å². The molecular formula is C25H28N4O5. The predicted octanol–water partition coefficient (Wildman–Crippen LogP) is 2.61. The molecule has 1 fully saturated rings. The fourth-order valence-electron chi connectivity index (χ4n) is 3.68. The molecule has 1 aromatic heterocycles. The summed E-state index contributed by atoms with van der Waals surface area (Å²) in [6.45, 7) is 4.01. The lowest BCUT2D eigenvalue weighted by molar-refractivity contribution is -0.137. The number of hydrogen-bond donors (Lipinski definition) is 1. The molecule has 9 heteroatoms. The Morgan fingerprint density at radius 1 is 1.12 bits per heavy atom. The highest BCUT2D eigenvalue weighted by molar-refractivity contribution is 5.95. The zero-order valence-electron chi connectivity index (χ0n) is 19.3. The largest absolute Gasteiger partial charge is 0.493 e. The van der Waals surface area contributed by atoms with Gasteiger partial charge >= 0.3 is 0 Å². The second-order valence-electron chi connectivity index (χ2n) is 7.90. The third kappa shape index (κ3) is 5.55. The average Bonchev–Trinajstić information content (AvgIpc) is 3.43. The van der Waals surface area contributed by atoms with Crippen LogP contribution in [0, 0.1) is 0 Å². The van der Waals surface area contributed by atoms with Crippen LogP contribution in [0.5, 0.6) is 11.5 Å². The molecule has 2 amide bonds. The van der Waals surface area contributed by atoms with Crippen LogP contribution in [-0.4, -0.2) is 66.3 Å². The Bertz CT molecular complexity index is 1110. The molecule has 1 N–H and O–H groups in total. The molecule has 2 heterocycles. The summed E-state index contributed by atoms with van der Waals surface area (Å²) in [4.78, 5) is 30.9. The van der Waals surface area contributed by atoms with Crippen LogP contribution in [0.15, 0.2) is 61.2 Å². The average molecular weight is 465 g/mol. The van der Waals surface area contributed by atoms with Gasteiger partial charge in [0.1, 0.15) is 0 Å². The molecule has 0 radical (unpaired) electrons. The number of carbonyl (C=O) groups excluding carboxylic acids is 2. The summed E-state index contributed by atoms with van der Waals surface area (Å²) >= 11 is 0. The monoisotopic (exact) mass is 464 g/mol. The van der Waals surface area contributed by atoms with Gasteiger partial charge in [0.25, 0.3) is 11.8 Å². The fraction of sp³-hybridized carbons (Fsp3) is 0.320. The summed E-state index contributed by atoms with van der Waals surface area (Å²) < 4.78 is 18.2. The van der Waals surface area contributed by atoms with Gasteiger partial charge in [-0.15, -0.1) is 0 Å². The van der Waals surface area contributed by atoms with Crippen molar-refractivity contribution < 1.29 is 23.8 Å². The van der Waals surface area contributed by atoms with Crippen molar-refractivity contribution in [2.24, 2.45) is 0 Å². The van der Waals surface area contributed by atoms with Crippen molar-refractivity contribution in [1.82, 2.24) is 19.8 Å². The van der Waals surface area contributed by atoms with E-state index < -0.39 is 0 Å². The SMILES string of the molecule is COc1cc(C(=O)NC(C)c2ccc(-n3ccnc3)cc2)ccc1OCC(=O)N1CCOCC1. The number of aromatic nitrogens is 2. The number of amides is 2. The number of nitrogens with zero attached hydrogens (tertiary/aromatic N) is 3. The Morgan fingerprint density at radius 3 is 2.56 bits per heavy atom. The van der Waals surface area contributed by atoms with Gasteiger partial charge in [0.2, 0.25) is 0 Å². The van der Waals surface area contributed by atoms with Gasteiger partial charge in [-0.25, -0.2) is 4.98 Å². The lowest BCUT2D eigenvalue weighted by Crippen LogP contribution is -2.43. The standard InChI is InChI=1S/C25H28N4O5/c1-18(19-3-6-21(7-4-19)29-10-9-26-17-29)27-25(31)20-5-8-22(23(15-20)32-2)34-16-24(30)28-11-13-33-14-12-28/h3-10,15,17-18H,11-14,16H2,1-2H3,(H,27,31). The second kappa shape index (κ2) is 10.8. The Balaban J connectivity index is 1.36. The maximum Gasteiger partial charge on any atom is 0.260 e. The molecule has 2 aromatic carbocycles. The van der Waals surface area contributed by atoms with Crippen LogP contribution in [0.2, 0.25) is 0 Å². The van der Waals surface area contributed by atoms with Crippen LogP contribution in [0.1, 0.15) is 28.9 Å². The van der Waals surface area contributed by atoms with E-state index in [1.54, 1.807) is 35.6 Å². The molecule has 0 aliphatic carbocycles. The van der Waals surface area contributed by atoms with E-state index in [1.807, 2.05) is 42.0 Å². The van der Waals surface area contributed by atoms with Crippen LogP contribution in [0.25, 0.3) is 5.69 Å². The minimum atomic E-state index is -0.236. The molecule has 1 saturated heterocycles. The first kappa shape index (κ1) is 23.3. The summed E-state index contributed by atoms with van der Waals surface area (Å²) in [7, 11) is 1.50. The van der Waals surface area contributed by atoms with Crippen molar-refractivity contribution in [1.29, 1.82) is 0 Å². The Morgan fingerprint density at radius 2 is 1.88 bits per heavy atom. The molecule has 1 aliphatic rings. The predicted molar refractivity (Wildman–Crippen MR) is 125 cm³/mol. The first-order valence-corrected chi connectivity index (χ1v) is 11.1. The molecule has 0 spiro atoms. The number of ether oxygens (including phenoxy) is 3. The fourth-order valence-corrected chi connectivity index (χ4v) is 3.68. The minimum Gasteiger partial charge on any atom is -0.493 e. The van der Waals surface area contributed by atoms with Gasteiger partial charge in [-0.1, -0.05) is 12.1 Å². The zero-order valence-corrected chi connectivity index (χ0v) is 19.3. The van der Waals surface area contributed by atoms with E-state index in [9.17, 15) is 9.59 Å². The number of benzene rings is 2.